The van der Waals surface area contributed by atoms with Crippen LogP contribution in [0.25, 0.3) is 0 Å². The molecule has 3 heteroatoms. The summed E-state index contributed by atoms with van der Waals surface area (Å²) in [5.41, 5.74) is 0. The fraction of sp³-hybridized carbons (Fsp3) is 0.900. The van der Waals surface area contributed by atoms with Gasteiger partial charge in [0.2, 0.25) is 5.91 Å². The second-order valence-corrected chi connectivity index (χ2v) is 3.71. The Balaban J connectivity index is 1.89. The van der Waals surface area contributed by atoms with Gasteiger partial charge in [-0.05, 0) is 6.42 Å². The molecular formula is C10H20N2O. The highest BCUT2D eigenvalue weighted by molar-refractivity contribution is 5.79. The number of rotatable bonds is 6. The van der Waals surface area contributed by atoms with E-state index in [1.165, 1.54) is 19.3 Å². The van der Waals surface area contributed by atoms with E-state index in [-0.39, 0.29) is 11.8 Å². The van der Waals surface area contributed by atoms with Crippen LogP contribution in [0.1, 0.15) is 32.6 Å². The van der Waals surface area contributed by atoms with E-state index < -0.39 is 0 Å². The third kappa shape index (κ3) is 3.77. The third-order valence-electron chi connectivity index (χ3n) is 2.48. The van der Waals surface area contributed by atoms with Gasteiger partial charge in [-0.3, -0.25) is 4.79 Å². The largest absolute Gasteiger partial charge is 0.356 e. The van der Waals surface area contributed by atoms with E-state index in [0.29, 0.717) is 0 Å². The predicted octanol–water partition coefficient (Wildman–Crippen LogP) is 0.902. The molecule has 3 nitrogen and oxygen atoms in total. The number of hydrogen-bond donors (Lipinski definition) is 2. The van der Waals surface area contributed by atoms with E-state index in [2.05, 4.69) is 17.6 Å². The molecular weight excluding hydrogens is 164 g/mol. The van der Waals surface area contributed by atoms with Gasteiger partial charge in [-0.25, -0.2) is 0 Å². The van der Waals surface area contributed by atoms with Crippen molar-refractivity contribution in [1.82, 2.24) is 10.6 Å². The molecule has 0 aromatic heterocycles. The second kappa shape index (κ2) is 5.97. The highest BCUT2D eigenvalue weighted by Crippen LogP contribution is 2.02. The van der Waals surface area contributed by atoms with Gasteiger partial charge in [0.25, 0.3) is 0 Å². The predicted molar refractivity (Wildman–Crippen MR) is 53.5 cm³/mol. The Morgan fingerprint density at radius 1 is 1.38 bits per heavy atom. The van der Waals surface area contributed by atoms with Gasteiger partial charge < -0.3 is 10.6 Å². The summed E-state index contributed by atoms with van der Waals surface area (Å²) < 4.78 is 0. The Morgan fingerprint density at radius 2 is 2.15 bits per heavy atom. The van der Waals surface area contributed by atoms with Crippen molar-refractivity contribution in [3.63, 3.8) is 0 Å². The van der Waals surface area contributed by atoms with Gasteiger partial charge in [-0.1, -0.05) is 26.2 Å². The van der Waals surface area contributed by atoms with Gasteiger partial charge in [0.15, 0.2) is 0 Å². The van der Waals surface area contributed by atoms with Crippen molar-refractivity contribution in [3.8, 4) is 0 Å². The minimum absolute atomic E-state index is 0.232. The fourth-order valence-corrected chi connectivity index (χ4v) is 1.38. The van der Waals surface area contributed by atoms with Crippen molar-refractivity contribution in [2.45, 2.75) is 32.6 Å². The van der Waals surface area contributed by atoms with Crippen LogP contribution in [0.4, 0.5) is 0 Å². The Kier molecular flexibility index (Phi) is 4.83. The molecule has 0 aromatic rings. The molecule has 0 atom stereocenters. The first-order valence-electron chi connectivity index (χ1n) is 5.33. The number of carbonyl (C=O) groups excluding carboxylic acids is 1. The first-order valence-corrected chi connectivity index (χ1v) is 5.33. The molecule has 1 amide bonds. The van der Waals surface area contributed by atoms with Crippen LogP contribution in [-0.2, 0) is 4.79 Å². The van der Waals surface area contributed by atoms with E-state index in [1.54, 1.807) is 0 Å². The zero-order valence-corrected chi connectivity index (χ0v) is 8.44. The van der Waals surface area contributed by atoms with Crippen LogP contribution in [0.3, 0.4) is 0 Å². The second-order valence-electron chi connectivity index (χ2n) is 3.71. The van der Waals surface area contributed by atoms with Crippen molar-refractivity contribution in [3.05, 3.63) is 0 Å². The lowest BCUT2D eigenvalue weighted by atomic mass is 10.0. The highest BCUT2D eigenvalue weighted by atomic mass is 16.2. The average Bonchev–Trinajstić information content (AvgIpc) is 2.01. The van der Waals surface area contributed by atoms with E-state index in [9.17, 15) is 4.79 Å². The van der Waals surface area contributed by atoms with Crippen LogP contribution >= 0.6 is 0 Å². The van der Waals surface area contributed by atoms with E-state index in [0.717, 1.165) is 26.1 Å². The van der Waals surface area contributed by atoms with Crippen molar-refractivity contribution < 1.29 is 4.79 Å². The van der Waals surface area contributed by atoms with Crippen LogP contribution in [0.15, 0.2) is 0 Å². The van der Waals surface area contributed by atoms with Crippen molar-refractivity contribution in [2.24, 2.45) is 5.92 Å². The van der Waals surface area contributed by atoms with E-state index in [1.807, 2.05) is 0 Å². The van der Waals surface area contributed by atoms with Gasteiger partial charge in [0, 0.05) is 19.6 Å². The first kappa shape index (κ1) is 10.5. The lowest BCUT2D eigenvalue weighted by Gasteiger charge is -2.25. The van der Waals surface area contributed by atoms with Gasteiger partial charge in [-0.15, -0.1) is 0 Å². The number of amides is 1. The summed E-state index contributed by atoms with van der Waals surface area (Å²) in [4.78, 5) is 11.3. The Bertz CT molecular complexity index is 155. The Morgan fingerprint density at radius 3 is 2.69 bits per heavy atom. The van der Waals surface area contributed by atoms with Gasteiger partial charge in [-0.2, -0.15) is 0 Å². The quantitative estimate of drug-likeness (QED) is 0.602. The minimum Gasteiger partial charge on any atom is -0.356 e. The lowest BCUT2D eigenvalue weighted by Crippen LogP contribution is -2.50. The zero-order chi connectivity index (χ0) is 9.52. The van der Waals surface area contributed by atoms with E-state index in [4.69, 9.17) is 0 Å². The molecule has 0 aromatic carbocycles. The molecule has 1 heterocycles. The monoisotopic (exact) mass is 184 g/mol. The SMILES string of the molecule is CCCCCCNC(=O)C1CNC1. The number of nitrogens with one attached hydrogen (secondary N) is 2. The van der Waals surface area contributed by atoms with Gasteiger partial charge >= 0.3 is 0 Å². The van der Waals surface area contributed by atoms with Crippen molar-refractivity contribution in [1.29, 1.82) is 0 Å². The molecule has 1 aliphatic rings. The standard InChI is InChI=1S/C10H20N2O/c1-2-3-4-5-6-12-10(13)9-7-11-8-9/h9,11H,2-8H2,1H3,(H,12,13). The summed E-state index contributed by atoms with van der Waals surface area (Å²) >= 11 is 0. The topological polar surface area (TPSA) is 41.1 Å². The molecule has 0 saturated carbocycles. The Hall–Kier alpha value is -0.570. The van der Waals surface area contributed by atoms with Gasteiger partial charge in [0.05, 0.1) is 5.92 Å². The number of hydrogen-bond acceptors (Lipinski definition) is 2. The first-order chi connectivity index (χ1) is 6.34. The molecule has 13 heavy (non-hydrogen) atoms. The van der Waals surface area contributed by atoms with Gasteiger partial charge in [0.1, 0.15) is 0 Å². The molecule has 1 rings (SSSR count). The summed E-state index contributed by atoms with van der Waals surface area (Å²) in [6.45, 7) is 4.77. The fourth-order valence-electron chi connectivity index (χ4n) is 1.38. The van der Waals surface area contributed by atoms with Crippen molar-refractivity contribution in [2.75, 3.05) is 19.6 Å². The smallest absolute Gasteiger partial charge is 0.225 e. The molecule has 0 aliphatic carbocycles. The van der Waals surface area contributed by atoms with Crippen LogP contribution < -0.4 is 10.6 Å². The van der Waals surface area contributed by atoms with Crippen molar-refractivity contribution >= 4 is 5.91 Å². The molecule has 0 spiro atoms. The zero-order valence-electron chi connectivity index (χ0n) is 8.44. The highest BCUT2D eigenvalue weighted by Gasteiger charge is 2.23. The summed E-state index contributed by atoms with van der Waals surface area (Å²) in [5, 5.41) is 6.06. The molecule has 1 fully saturated rings. The van der Waals surface area contributed by atoms with Crippen LogP contribution in [0, 0.1) is 5.92 Å². The normalized spacial score (nSPS) is 16.7. The maximum atomic E-state index is 11.3. The number of unbranched alkanes of at least 4 members (excludes halogenated alkanes) is 3. The molecule has 0 unspecified atom stereocenters. The lowest BCUT2D eigenvalue weighted by molar-refractivity contribution is -0.126. The molecule has 1 saturated heterocycles. The summed E-state index contributed by atoms with van der Waals surface area (Å²) in [5.74, 6) is 0.474. The minimum atomic E-state index is 0.232. The maximum Gasteiger partial charge on any atom is 0.225 e. The molecule has 0 radical (unpaired) electrons. The molecule has 2 N–H and O–H groups in total. The summed E-state index contributed by atoms with van der Waals surface area (Å²) in [7, 11) is 0. The maximum absolute atomic E-state index is 11.3. The summed E-state index contributed by atoms with van der Waals surface area (Å²) in [6, 6.07) is 0. The van der Waals surface area contributed by atoms with E-state index >= 15 is 0 Å². The van der Waals surface area contributed by atoms with Crippen LogP contribution in [-0.4, -0.2) is 25.5 Å². The van der Waals surface area contributed by atoms with Crippen LogP contribution in [0.5, 0.6) is 0 Å². The summed E-state index contributed by atoms with van der Waals surface area (Å²) in [6.07, 6.45) is 4.89. The molecule has 0 bridgehead atoms. The molecule has 76 valence electrons. The molecule has 1 aliphatic heterocycles. The average molecular weight is 184 g/mol. The van der Waals surface area contributed by atoms with Crippen LogP contribution in [0.2, 0.25) is 0 Å². The number of carbonyl (C=O) groups is 1. The Labute approximate surface area is 80.3 Å². The third-order valence-corrected chi connectivity index (χ3v) is 2.48.